The molecule has 2 rings (SSSR count). The number of ether oxygens (including phenoxy) is 1. The van der Waals surface area contributed by atoms with E-state index in [1.54, 1.807) is 0 Å². The van der Waals surface area contributed by atoms with E-state index in [4.69, 9.17) is 4.74 Å². The van der Waals surface area contributed by atoms with Crippen molar-refractivity contribution >= 4 is 21.8 Å². The highest BCUT2D eigenvalue weighted by molar-refractivity contribution is 9.08. The van der Waals surface area contributed by atoms with Crippen LogP contribution in [0.15, 0.2) is 24.3 Å². The van der Waals surface area contributed by atoms with E-state index in [9.17, 15) is 4.79 Å². The quantitative estimate of drug-likeness (QED) is 0.868. The maximum atomic E-state index is 11.9. The molecular weight excluding hydrogens is 294 g/mol. The van der Waals surface area contributed by atoms with Crippen LogP contribution in [-0.4, -0.2) is 25.7 Å². The zero-order valence-electron chi connectivity index (χ0n) is 10.3. The van der Waals surface area contributed by atoms with Gasteiger partial charge in [-0.3, -0.25) is 4.79 Å². The summed E-state index contributed by atoms with van der Waals surface area (Å²) in [5.41, 5.74) is 1.89. The second kappa shape index (κ2) is 6.90. The Morgan fingerprint density at radius 3 is 2.78 bits per heavy atom. The number of hydrogen-bond acceptors (Lipinski definition) is 2. The molecule has 18 heavy (non-hydrogen) atoms. The fraction of sp³-hybridized carbons (Fsp3) is 0.500. The summed E-state index contributed by atoms with van der Waals surface area (Å²) >= 11 is 3.39. The summed E-state index contributed by atoms with van der Waals surface area (Å²) in [7, 11) is 0. The highest BCUT2D eigenvalue weighted by Crippen LogP contribution is 2.13. The number of benzene rings is 1. The van der Waals surface area contributed by atoms with Gasteiger partial charge in [0.05, 0.1) is 6.61 Å². The summed E-state index contributed by atoms with van der Waals surface area (Å²) in [6.45, 7) is 2.33. The predicted molar refractivity (Wildman–Crippen MR) is 74.9 cm³/mol. The first-order valence-electron chi connectivity index (χ1n) is 6.30. The first-order valence-corrected chi connectivity index (χ1v) is 7.42. The molecule has 0 aliphatic carbocycles. The summed E-state index contributed by atoms with van der Waals surface area (Å²) in [5, 5.41) is 3.79. The van der Waals surface area contributed by atoms with Gasteiger partial charge in [0.25, 0.3) is 5.91 Å². The lowest BCUT2D eigenvalue weighted by Gasteiger charge is -2.22. The Morgan fingerprint density at radius 1 is 1.39 bits per heavy atom. The molecule has 1 aliphatic rings. The van der Waals surface area contributed by atoms with Gasteiger partial charge in [-0.05, 0) is 36.5 Å². The number of alkyl halides is 1. The fourth-order valence-electron chi connectivity index (χ4n) is 2.05. The summed E-state index contributed by atoms with van der Waals surface area (Å²) in [6, 6.07) is 7.66. The van der Waals surface area contributed by atoms with Gasteiger partial charge in [0, 0.05) is 24.0 Å². The third-order valence-corrected chi connectivity index (χ3v) is 3.82. The maximum absolute atomic E-state index is 11.9. The highest BCUT2D eigenvalue weighted by atomic mass is 79.9. The van der Waals surface area contributed by atoms with Crippen LogP contribution in [0.5, 0.6) is 0 Å². The van der Waals surface area contributed by atoms with Crippen molar-refractivity contribution in [1.82, 2.24) is 5.32 Å². The van der Waals surface area contributed by atoms with Crippen LogP contribution in [0.25, 0.3) is 0 Å². The van der Waals surface area contributed by atoms with Gasteiger partial charge >= 0.3 is 0 Å². The average Bonchev–Trinajstić information content (AvgIpc) is 2.46. The van der Waals surface area contributed by atoms with Crippen molar-refractivity contribution in [1.29, 1.82) is 0 Å². The van der Waals surface area contributed by atoms with Crippen LogP contribution < -0.4 is 5.32 Å². The molecule has 1 N–H and O–H groups in total. The van der Waals surface area contributed by atoms with E-state index < -0.39 is 0 Å². The molecule has 1 fully saturated rings. The Labute approximate surface area is 116 Å². The number of hydrogen-bond donors (Lipinski definition) is 1. The predicted octanol–water partition coefficient (Wildman–Crippen LogP) is 2.74. The number of carbonyl (C=O) groups excluding carboxylic acids is 1. The van der Waals surface area contributed by atoms with Gasteiger partial charge in [-0.1, -0.05) is 28.1 Å². The SMILES string of the molecule is O=C(NCC1CCCOC1)c1ccc(CBr)cc1. The average molecular weight is 312 g/mol. The van der Waals surface area contributed by atoms with Crippen LogP contribution >= 0.6 is 15.9 Å². The molecule has 1 aromatic rings. The van der Waals surface area contributed by atoms with Crippen LogP contribution in [0, 0.1) is 5.92 Å². The van der Waals surface area contributed by atoms with Gasteiger partial charge in [-0.15, -0.1) is 0 Å². The van der Waals surface area contributed by atoms with Crippen LogP contribution in [0.2, 0.25) is 0 Å². The van der Waals surface area contributed by atoms with Crippen LogP contribution in [0.4, 0.5) is 0 Å². The monoisotopic (exact) mass is 311 g/mol. The molecule has 0 saturated carbocycles. The third-order valence-electron chi connectivity index (χ3n) is 3.18. The van der Waals surface area contributed by atoms with Crippen molar-refractivity contribution in [3.8, 4) is 0 Å². The van der Waals surface area contributed by atoms with Crippen molar-refractivity contribution < 1.29 is 9.53 Å². The summed E-state index contributed by atoms with van der Waals surface area (Å²) < 4.78 is 5.39. The second-order valence-electron chi connectivity index (χ2n) is 4.62. The van der Waals surface area contributed by atoms with Crippen molar-refractivity contribution in [3.05, 3.63) is 35.4 Å². The molecule has 0 radical (unpaired) electrons. The lowest BCUT2D eigenvalue weighted by atomic mass is 10.0. The van der Waals surface area contributed by atoms with Crippen LogP contribution in [0.3, 0.4) is 0 Å². The number of rotatable bonds is 4. The van der Waals surface area contributed by atoms with Gasteiger partial charge in [0.15, 0.2) is 0 Å². The number of halogens is 1. The number of amides is 1. The van der Waals surface area contributed by atoms with Gasteiger partial charge in [0.2, 0.25) is 0 Å². The van der Waals surface area contributed by atoms with Crippen molar-refractivity contribution in [2.45, 2.75) is 18.2 Å². The molecule has 1 heterocycles. The second-order valence-corrected chi connectivity index (χ2v) is 5.18. The Kier molecular flexibility index (Phi) is 5.20. The smallest absolute Gasteiger partial charge is 0.251 e. The fourth-order valence-corrected chi connectivity index (χ4v) is 2.43. The Morgan fingerprint density at radius 2 is 2.17 bits per heavy atom. The largest absolute Gasteiger partial charge is 0.381 e. The van der Waals surface area contributed by atoms with E-state index in [0.29, 0.717) is 12.5 Å². The Hall–Kier alpha value is -0.870. The van der Waals surface area contributed by atoms with E-state index in [1.165, 1.54) is 5.56 Å². The molecule has 0 bridgehead atoms. The molecule has 0 spiro atoms. The number of nitrogens with one attached hydrogen (secondary N) is 1. The van der Waals surface area contributed by atoms with E-state index in [-0.39, 0.29) is 5.91 Å². The highest BCUT2D eigenvalue weighted by Gasteiger charge is 2.15. The minimum absolute atomic E-state index is 0.00157. The molecule has 1 unspecified atom stereocenters. The minimum Gasteiger partial charge on any atom is -0.381 e. The standard InChI is InChI=1S/C14H18BrNO2/c15-8-11-3-5-13(6-4-11)14(17)16-9-12-2-1-7-18-10-12/h3-6,12H,1-2,7-10H2,(H,16,17). The van der Waals surface area contributed by atoms with Gasteiger partial charge < -0.3 is 10.1 Å². The van der Waals surface area contributed by atoms with Crippen LogP contribution in [0.1, 0.15) is 28.8 Å². The Balaban J connectivity index is 1.82. The molecule has 1 saturated heterocycles. The van der Waals surface area contributed by atoms with Crippen molar-refractivity contribution in [2.75, 3.05) is 19.8 Å². The van der Waals surface area contributed by atoms with Crippen molar-refractivity contribution in [2.24, 2.45) is 5.92 Å². The van der Waals surface area contributed by atoms with E-state index >= 15 is 0 Å². The lowest BCUT2D eigenvalue weighted by molar-refractivity contribution is 0.0536. The van der Waals surface area contributed by atoms with Crippen LogP contribution in [-0.2, 0) is 10.1 Å². The molecular formula is C14H18BrNO2. The molecule has 98 valence electrons. The molecule has 1 amide bonds. The zero-order chi connectivity index (χ0) is 12.8. The Bertz CT molecular complexity index is 385. The van der Waals surface area contributed by atoms with Gasteiger partial charge in [-0.2, -0.15) is 0 Å². The topological polar surface area (TPSA) is 38.3 Å². The van der Waals surface area contributed by atoms with Gasteiger partial charge in [0.1, 0.15) is 0 Å². The molecule has 1 atom stereocenters. The third kappa shape index (κ3) is 3.82. The molecule has 1 aliphatic heterocycles. The van der Waals surface area contributed by atoms with Gasteiger partial charge in [-0.25, -0.2) is 0 Å². The van der Waals surface area contributed by atoms with E-state index in [1.807, 2.05) is 24.3 Å². The molecule has 4 heteroatoms. The molecule has 0 aromatic heterocycles. The summed E-state index contributed by atoms with van der Waals surface area (Å²) in [6.07, 6.45) is 2.24. The van der Waals surface area contributed by atoms with E-state index in [2.05, 4.69) is 21.2 Å². The normalized spacial score (nSPS) is 19.5. The number of carbonyl (C=O) groups is 1. The lowest BCUT2D eigenvalue weighted by Crippen LogP contribution is -2.33. The maximum Gasteiger partial charge on any atom is 0.251 e. The molecule has 3 nitrogen and oxygen atoms in total. The summed E-state index contributed by atoms with van der Waals surface area (Å²) in [4.78, 5) is 11.9. The molecule has 1 aromatic carbocycles. The first kappa shape index (κ1) is 13.6. The summed E-state index contributed by atoms with van der Waals surface area (Å²) in [5.74, 6) is 0.464. The van der Waals surface area contributed by atoms with E-state index in [0.717, 1.165) is 36.9 Å². The zero-order valence-corrected chi connectivity index (χ0v) is 11.9. The van der Waals surface area contributed by atoms with Crippen molar-refractivity contribution in [3.63, 3.8) is 0 Å². The first-order chi connectivity index (χ1) is 8.79. The minimum atomic E-state index is 0.00157.